The molecule has 144 valence electrons. The molecule has 1 aromatic carbocycles. The van der Waals surface area contributed by atoms with Crippen LogP contribution in [0.2, 0.25) is 0 Å². The van der Waals surface area contributed by atoms with E-state index in [1.165, 1.54) is 23.1 Å². The van der Waals surface area contributed by atoms with Crippen LogP contribution < -0.4 is 15.5 Å². The van der Waals surface area contributed by atoms with Crippen LogP contribution in [0.1, 0.15) is 20.3 Å². The highest BCUT2D eigenvalue weighted by molar-refractivity contribution is 5.76. The van der Waals surface area contributed by atoms with Crippen molar-refractivity contribution in [3.05, 3.63) is 40.2 Å². The third-order valence-corrected chi connectivity index (χ3v) is 4.73. The van der Waals surface area contributed by atoms with Crippen LogP contribution in [0.5, 0.6) is 0 Å². The lowest BCUT2D eigenvalue weighted by molar-refractivity contribution is -0.383. The first kappa shape index (κ1) is 18.8. The molecule has 0 saturated carbocycles. The maximum Gasteiger partial charge on any atom is 0.353 e. The lowest BCUT2D eigenvalue weighted by Gasteiger charge is -2.35. The number of halogens is 1. The molecule has 0 radical (unpaired) electrons. The van der Waals surface area contributed by atoms with Crippen LogP contribution in [-0.2, 0) is 0 Å². The third-order valence-electron chi connectivity index (χ3n) is 4.73. The van der Waals surface area contributed by atoms with Gasteiger partial charge in [0.25, 0.3) is 0 Å². The summed E-state index contributed by atoms with van der Waals surface area (Å²) in [6.45, 7) is 5.81. The highest BCUT2D eigenvalue weighted by Crippen LogP contribution is 2.36. The van der Waals surface area contributed by atoms with Gasteiger partial charge in [0.05, 0.1) is 4.92 Å². The van der Waals surface area contributed by atoms with E-state index in [0.717, 1.165) is 19.5 Å². The second-order valence-electron chi connectivity index (χ2n) is 7.23. The molecule has 0 aliphatic carbocycles. The van der Waals surface area contributed by atoms with E-state index in [2.05, 4.69) is 23.8 Å². The van der Waals surface area contributed by atoms with Crippen LogP contribution in [0.25, 0.3) is 0 Å². The number of nitro groups is 1. The molecular weight excluding hydrogens is 351 g/mol. The highest BCUT2D eigenvalue weighted by Gasteiger charge is 2.30. The molecular formula is C18H23FN6O2. The molecule has 27 heavy (non-hydrogen) atoms. The first-order valence-corrected chi connectivity index (χ1v) is 8.82. The van der Waals surface area contributed by atoms with Crippen molar-refractivity contribution in [2.24, 2.45) is 11.8 Å². The van der Waals surface area contributed by atoms with Gasteiger partial charge in [-0.25, -0.2) is 4.39 Å². The first-order chi connectivity index (χ1) is 12.8. The summed E-state index contributed by atoms with van der Waals surface area (Å²) in [6, 6.07) is 5.77. The number of piperidine rings is 1. The number of nitrogens with zero attached hydrogens (tertiary/aromatic N) is 5. The zero-order valence-electron chi connectivity index (χ0n) is 15.6. The number of aromatic nitrogens is 2. The van der Waals surface area contributed by atoms with Crippen molar-refractivity contribution in [1.29, 1.82) is 0 Å². The van der Waals surface area contributed by atoms with E-state index < -0.39 is 10.7 Å². The summed E-state index contributed by atoms with van der Waals surface area (Å²) in [6.07, 6.45) is 1.11. The van der Waals surface area contributed by atoms with E-state index in [-0.39, 0.29) is 17.3 Å². The lowest BCUT2D eigenvalue weighted by Crippen LogP contribution is -2.40. The Morgan fingerprint density at radius 2 is 1.96 bits per heavy atom. The van der Waals surface area contributed by atoms with Crippen LogP contribution >= 0.6 is 0 Å². The molecule has 0 amide bonds. The zero-order valence-corrected chi connectivity index (χ0v) is 15.6. The fourth-order valence-corrected chi connectivity index (χ4v) is 3.63. The molecule has 2 heterocycles. The van der Waals surface area contributed by atoms with E-state index in [0.29, 0.717) is 23.5 Å². The topological polar surface area (TPSA) is 101 Å². The van der Waals surface area contributed by atoms with Crippen molar-refractivity contribution in [3.8, 4) is 0 Å². The van der Waals surface area contributed by atoms with Gasteiger partial charge in [-0.3, -0.25) is 10.1 Å². The van der Waals surface area contributed by atoms with E-state index >= 15 is 0 Å². The van der Waals surface area contributed by atoms with Gasteiger partial charge in [-0.15, -0.1) is 0 Å². The number of nitrogen functional groups attached to an aromatic ring is 1. The normalized spacial score (nSPS) is 19.8. The van der Waals surface area contributed by atoms with Gasteiger partial charge in [-0.2, -0.15) is 9.97 Å². The number of nitrogens with two attached hydrogens (primary N) is 1. The third kappa shape index (κ3) is 3.91. The van der Waals surface area contributed by atoms with Gasteiger partial charge in [0.2, 0.25) is 17.6 Å². The van der Waals surface area contributed by atoms with Crippen LogP contribution in [0.15, 0.2) is 24.3 Å². The predicted octanol–water partition coefficient (Wildman–Crippen LogP) is 3.36. The molecule has 1 fully saturated rings. The Morgan fingerprint density at radius 3 is 2.56 bits per heavy atom. The minimum absolute atomic E-state index is 0.0407. The molecule has 0 bridgehead atoms. The quantitative estimate of drug-likeness (QED) is 0.647. The number of hydrogen-bond donors (Lipinski definition) is 1. The van der Waals surface area contributed by atoms with Gasteiger partial charge >= 0.3 is 5.69 Å². The first-order valence-electron chi connectivity index (χ1n) is 8.82. The summed E-state index contributed by atoms with van der Waals surface area (Å²) in [5, 5.41) is 11.6. The molecule has 1 aliphatic rings. The summed E-state index contributed by atoms with van der Waals surface area (Å²) >= 11 is 0. The Morgan fingerprint density at radius 1 is 1.30 bits per heavy atom. The van der Waals surface area contributed by atoms with Gasteiger partial charge in [-0.05, 0) is 36.5 Å². The van der Waals surface area contributed by atoms with Crippen LogP contribution in [0, 0.1) is 27.8 Å². The molecule has 1 aliphatic heterocycles. The van der Waals surface area contributed by atoms with Crippen LogP contribution in [0.3, 0.4) is 0 Å². The average Bonchev–Trinajstić information content (AvgIpc) is 2.59. The smallest absolute Gasteiger partial charge is 0.353 e. The number of hydrogen-bond acceptors (Lipinski definition) is 7. The minimum Gasteiger partial charge on any atom is -0.378 e. The number of anilines is 4. The summed E-state index contributed by atoms with van der Waals surface area (Å²) in [5.41, 5.74) is 5.97. The predicted molar refractivity (Wildman–Crippen MR) is 103 cm³/mol. The standard InChI is InChI=1S/C18H23FN6O2/c1-11-7-12(2)10-24(9-11)18-21-16(20)15(25(26)27)17(22-18)23(3)14-6-4-5-13(19)8-14/h4-6,8,11-12H,7,9-10H2,1-3H3,(H2,20,21,22)/t11-,12+. The molecule has 0 spiro atoms. The van der Waals surface area contributed by atoms with Crippen LogP contribution in [-0.4, -0.2) is 35.0 Å². The maximum absolute atomic E-state index is 13.6. The van der Waals surface area contributed by atoms with Gasteiger partial charge in [0, 0.05) is 25.8 Å². The molecule has 0 unspecified atom stereocenters. The molecule has 1 saturated heterocycles. The summed E-state index contributed by atoms with van der Waals surface area (Å²) in [4.78, 5) is 23.1. The lowest BCUT2D eigenvalue weighted by atomic mass is 9.92. The van der Waals surface area contributed by atoms with E-state index in [1.807, 2.05) is 4.90 Å². The SMILES string of the molecule is C[C@@H]1C[C@H](C)CN(c2nc(N)c([N+](=O)[O-])c(N(C)c3cccc(F)c3)n2)C1. The van der Waals surface area contributed by atoms with Crippen molar-refractivity contribution in [2.75, 3.05) is 35.7 Å². The second-order valence-corrected chi connectivity index (χ2v) is 7.23. The molecule has 1 aromatic heterocycles. The van der Waals surface area contributed by atoms with Gasteiger partial charge < -0.3 is 15.5 Å². The van der Waals surface area contributed by atoms with E-state index in [4.69, 9.17) is 5.73 Å². The van der Waals surface area contributed by atoms with Gasteiger partial charge in [0.15, 0.2) is 0 Å². The fourth-order valence-electron chi connectivity index (χ4n) is 3.63. The average molecular weight is 374 g/mol. The Labute approximate surface area is 157 Å². The fraction of sp³-hybridized carbons (Fsp3) is 0.444. The van der Waals surface area contributed by atoms with Gasteiger partial charge in [0.1, 0.15) is 5.82 Å². The molecule has 2 aromatic rings. The zero-order chi connectivity index (χ0) is 19.7. The monoisotopic (exact) mass is 374 g/mol. The van der Waals surface area contributed by atoms with E-state index in [9.17, 15) is 14.5 Å². The highest BCUT2D eigenvalue weighted by atomic mass is 19.1. The van der Waals surface area contributed by atoms with Crippen molar-refractivity contribution >= 4 is 29.0 Å². The Balaban J connectivity index is 2.08. The minimum atomic E-state index is -0.605. The summed E-state index contributed by atoms with van der Waals surface area (Å²) in [5.74, 6) is 0.669. The summed E-state index contributed by atoms with van der Waals surface area (Å²) in [7, 11) is 1.59. The second kappa shape index (κ2) is 7.34. The van der Waals surface area contributed by atoms with Gasteiger partial charge in [-0.1, -0.05) is 19.9 Å². The molecule has 3 rings (SSSR count). The van der Waals surface area contributed by atoms with E-state index in [1.54, 1.807) is 13.1 Å². The van der Waals surface area contributed by atoms with Crippen molar-refractivity contribution in [3.63, 3.8) is 0 Å². The molecule has 9 heteroatoms. The summed E-state index contributed by atoms with van der Waals surface area (Å²) < 4.78 is 13.6. The van der Waals surface area contributed by atoms with Crippen LogP contribution in [0.4, 0.5) is 33.3 Å². The molecule has 2 N–H and O–H groups in total. The molecule has 8 nitrogen and oxygen atoms in total. The van der Waals surface area contributed by atoms with Crippen molar-refractivity contribution in [1.82, 2.24) is 9.97 Å². The Bertz CT molecular complexity index is 852. The maximum atomic E-state index is 13.6. The number of rotatable bonds is 4. The Kier molecular flexibility index (Phi) is 5.11. The van der Waals surface area contributed by atoms with Crippen molar-refractivity contribution < 1.29 is 9.31 Å². The molecule has 2 atom stereocenters. The number of benzene rings is 1. The van der Waals surface area contributed by atoms with Crippen molar-refractivity contribution in [2.45, 2.75) is 20.3 Å². The largest absolute Gasteiger partial charge is 0.378 e. The Hall–Kier alpha value is -2.97.